The van der Waals surface area contributed by atoms with Crippen molar-refractivity contribution in [2.24, 2.45) is 5.92 Å². The van der Waals surface area contributed by atoms with Gasteiger partial charge in [0.05, 0.1) is 10.7 Å². The lowest BCUT2D eigenvalue weighted by Gasteiger charge is -2.31. The number of hydrogen-bond donors (Lipinski definition) is 1. The number of thiazole rings is 1. The monoisotopic (exact) mass is 445 g/mol. The van der Waals surface area contributed by atoms with Gasteiger partial charge < -0.3 is 14.8 Å². The van der Waals surface area contributed by atoms with Crippen LogP contribution in [-0.4, -0.2) is 55.2 Å². The maximum Gasteiger partial charge on any atom is 0.263 e. The van der Waals surface area contributed by atoms with E-state index < -0.39 is 0 Å². The molecule has 0 atom stereocenters. The molecule has 1 aromatic heterocycles. The summed E-state index contributed by atoms with van der Waals surface area (Å²) in [6.45, 7) is 9.92. The van der Waals surface area contributed by atoms with Gasteiger partial charge in [-0.15, -0.1) is 11.3 Å². The molecule has 0 spiro atoms. The number of hydrogen-bond acceptors (Lipinski definition) is 6. The second kappa shape index (κ2) is 11.6. The minimum Gasteiger partial charge on any atom is -0.492 e. The average Bonchev–Trinajstić information content (AvgIpc) is 3.12. The average molecular weight is 446 g/mol. The highest BCUT2D eigenvalue weighted by molar-refractivity contribution is 7.13. The molecule has 1 aromatic carbocycles. The lowest BCUT2D eigenvalue weighted by atomic mass is 10.1. The molecule has 3 rings (SSSR count). The van der Waals surface area contributed by atoms with E-state index in [1.807, 2.05) is 31.2 Å². The molecule has 0 aliphatic carbocycles. The van der Waals surface area contributed by atoms with Gasteiger partial charge in [-0.2, -0.15) is 0 Å². The number of carbonyl (C=O) groups excluding carboxylic acids is 1. The van der Waals surface area contributed by atoms with Crippen LogP contribution in [0.25, 0.3) is 0 Å². The summed E-state index contributed by atoms with van der Waals surface area (Å²) in [5, 5.41) is 4.05. The van der Waals surface area contributed by atoms with Crippen LogP contribution >= 0.6 is 11.3 Å². The smallest absolute Gasteiger partial charge is 0.263 e. The first kappa shape index (κ1) is 23.7. The van der Waals surface area contributed by atoms with Crippen molar-refractivity contribution in [3.8, 4) is 5.75 Å². The van der Waals surface area contributed by atoms with Crippen molar-refractivity contribution in [3.05, 3.63) is 45.4 Å². The van der Waals surface area contributed by atoms with E-state index in [4.69, 9.17) is 9.47 Å². The van der Waals surface area contributed by atoms with Gasteiger partial charge in [-0.05, 0) is 50.4 Å². The molecule has 1 aliphatic heterocycles. The Morgan fingerprint density at radius 3 is 2.87 bits per heavy atom. The number of nitrogens with one attached hydrogen (secondary N) is 1. The largest absolute Gasteiger partial charge is 0.492 e. The van der Waals surface area contributed by atoms with Crippen molar-refractivity contribution in [2.45, 2.75) is 52.6 Å². The molecule has 31 heavy (non-hydrogen) atoms. The van der Waals surface area contributed by atoms with Crippen LogP contribution in [-0.2, 0) is 17.7 Å². The van der Waals surface area contributed by atoms with Crippen LogP contribution in [0.1, 0.15) is 52.6 Å². The third-order valence-corrected chi connectivity index (χ3v) is 6.69. The number of nitrogens with zero attached hydrogens (tertiary/aromatic N) is 2. The van der Waals surface area contributed by atoms with Crippen molar-refractivity contribution in [2.75, 3.05) is 33.4 Å². The van der Waals surface area contributed by atoms with Gasteiger partial charge in [0.25, 0.3) is 5.91 Å². The van der Waals surface area contributed by atoms with Crippen molar-refractivity contribution in [1.29, 1.82) is 0 Å². The fraction of sp³-hybridized carbons (Fsp3) is 0.583. The van der Waals surface area contributed by atoms with Crippen LogP contribution in [0.2, 0.25) is 0 Å². The van der Waals surface area contributed by atoms with Crippen LogP contribution in [0.3, 0.4) is 0 Å². The lowest BCUT2D eigenvalue weighted by Crippen LogP contribution is -2.38. The summed E-state index contributed by atoms with van der Waals surface area (Å²) < 4.78 is 11.4. The third kappa shape index (κ3) is 7.30. The molecule has 0 unspecified atom stereocenters. The highest BCUT2D eigenvalue weighted by Crippen LogP contribution is 2.21. The van der Waals surface area contributed by atoms with E-state index in [0.717, 1.165) is 61.0 Å². The Hall–Kier alpha value is -1.96. The Morgan fingerprint density at radius 2 is 2.13 bits per heavy atom. The standard InChI is InChI=1S/C24H35N3O3S/c1-17(2)14-22-26-18(3)23(31-22)24(28)25-16-19-6-5-7-21(15-19)30-13-10-27(4)20-8-11-29-12-9-20/h5-7,15,17,20H,8-14,16H2,1-4H3,(H,25,28). The normalized spacial score (nSPS) is 14.9. The van der Waals surface area contributed by atoms with Gasteiger partial charge in [0, 0.05) is 38.8 Å². The van der Waals surface area contributed by atoms with Crippen LogP contribution in [0.5, 0.6) is 5.75 Å². The fourth-order valence-corrected chi connectivity index (χ4v) is 4.92. The van der Waals surface area contributed by atoms with Gasteiger partial charge in [-0.1, -0.05) is 26.0 Å². The second-order valence-corrected chi connectivity index (χ2v) is 9.71. The molecule has 2 heterocycles. The summed E-state index contributed by atoms with van der Waals surface area (Å²) in [5.74, 6) is 1.30. The first-order chi connectivity index (χ1) is 14.9. The first-order valence-corrected chi connectivity index (χ1v) is 12.0. The van der Waals surface area contributed by atoms with E-state index in [2.05, 4.69) is 36.1 Å². The number of carbonyl (C=O) groups is 1. The number of rotatable bonds is 10. The second-order valence-electron chi connectivity index (χ2n) is 8.62. The summed E-state index contributed by atoms with van der Waals surface area (Å²) in [6, 6.07) is 8.52. The molecular formula is C24H35N3O3S. The number of aryl methyl sites for hydroxylation is 1. The molecule has 6 nitrogen and oxygen atoms in total. The Kier molecular flexibility index (Phi) is 8.87. The molecule has 1 aliphatic rings. The van der Waals surface area contributed by atoms with Gasteiger partial charge in [-0.3, -0.25) is 9.69 Å². The first-order valence-electron chi connectivity index (χ1n) is 11.2. The van der Waals surface area contributed by atoms with E-state index in [9.17, 15) is 4.79 Å². The molecule has 1 fully saturated rings. The highest BCUT2D eigenvalue weighted by atomic mass is 32.1. The molecular weight excluding hydrogens is 410 g/mol. The molecule has 0 bridgehead atoms. The zero-order valence-corrected chi connectivity index (χ0v) is 20.0. The Morgan fingerprint density at radius 1 is 1.35 bits per heavy atom. The van der Waals surface area contributed by atoms with Gasteiger partial charge in [-0.25, -0.2) is 4.98 Å². The topological polar surface area (TPSA) is 63.7 Å². The molecule has 1 amide bonds. The van der Waals surface area contributed by atoms with Crippen LogP contribution in [0.15, 0.2) is 24.3 Å². The number of amides is 1. The highest BCUT2D eigenvalue weighted by Gasteiger charge is 2.18. The van der Waals surface area contributed by atoms with Gasteiger partial charge in [0.2, 0.25) is 0 Å². The van der Waals surface area contributed by atoms with E-state index in [1.165, 1.54) is 11.3 Å². The summed E-state index contributed by atoms with van der Waals surface area (Å²) in [4.78, 5) is 20.2. The summed E-state index contributed by atoms with van der Waals surface area (Å²) >= 11 is 1.50. The predicted molar refractivity (Wildman–Crippen MR) is 125 cm³/mol. The Labute approximate surface area is 190 Å². The number of ether oxygens (including phenoxy) is 2. The lowest BCUT2D eigenvalue weighted by molar-refractivity contribution is 0.0392. The quantitative estimate of drug-likeness (QED) is 0.597. The summed E-state index contributed by atoms with van der Waals surface area (Å²) in [7, 11) is 2.15. The summed E-state index contributed by atoms with van der Waals surface area (Å²) in [6.07, 6.45) is 3.08. The van der Waals surface area contributed by atoms with Gasteiger partial charge >= 0.3 is 0 Å². The van der Waals surface area contributed by atoms with E-state index in [0.29, 0.717) is 30.0 Å². The molecule has 170 valence electrons. The van der Waals surface area contributed by atoms with Gasteiger partial charge in [0.1, 0.15) is 17.2 Å². The SMILES string of the molecule is Cc1nc(CC(C)C)sc1C(=O)NCc1cccc(OCCN(C)C2CCOCC2)c1. The molecule has 1 saturated heterocycles. The van der Waals surface area contributed by atoms with Crippen molar-refractivity contribution < 1.29 is 14.3 Å². The Bertz CT molecular complexity index is 846. The minimum atomic E-state index is -0.0607. The maximum atomic E-state index is 12.6. The van der Waals surface area contributed by atoms with E-state index in [-0.39, 0.29) is 5.91 Å². The third-order valence-electron chi connectivity index (χ3n) is 5.51. The van der Waals surface area contributed by atoms with Gasteiger partial charge in [0.15, 0.2) is 0 Å². The zero-order chi connectivity index (χ0) is 22.2. The Balaban J connectivity index is 1.46. The number of likely N-dealkylation sites (N-methyl/N-ethyl adjacent to an activating group) is 1. The number of benzene rings is 1. The zero-order valence-electron chi connectivity index (χ0n) is 19.1. The minimum absolute atomic E-state index is 0.0607. The molecule has 7 heteroatoms. The van der Waals surface area contributed by atoms with E-state index >= 15 is 0 Å². The van der Waals surface area contributed by atoms with E-state index in [1.54, 1.807) is 0 Å². The van der Waals surface area contributed by atoms with Crippen molar-refractivity contribution in [3.63, 3.8) is 0 Å². The predicted octanol–water partition coefficient (Wildman–Crippen LogP) is 4.07. The molecule has 0 radical (unpaired) electrons. The van der Waals surface area contributed by atoms with Crippen LogP contribution in [0.4, 0.5) is 0 Å². The molecule has 0 saturated carbocycles. The van der Waals surface area contributed by atoms with Crippen LogP contribution < -0.4 is 10.1 Å². The molecule has 2 aromatic rings. The van der Waals surface area contributed by atoms with Crippen molar-refractivity contribution >= 4 is 17.2 Å². The summed E-state index contributed by atoms with van der Waals surface area (Å²) in [5.41, 5.74) is 1.83. The fourth-order valence-electron chi connectivity index (χ4n) is 3.72. The number of aromatic nitrogens is 1. The maximum absolute atomic E-state index is 12.6. The van der Waals surface area contributed by atoms with Crippen molar-refractivity contribution in [1.82, 2.24) is 15.2 Å². The van der Waals surface area contributed by atoms with Crippen LogP contribution in [0, 0.1) is 12.8 Å². The molecule has 1 N–H and O–H groups in total.